The van der Waals surface area contributed by atoms with Crippen LogP contribution in [0.3, 0.4) is 0 Å². The Morgan fingerprint density at radius 3 is 3.00 bits per heavy atom. The van der Waals surface area contributed by atoms with E-state index in [2.05, 4.69) is 4.99 Å². The topological polar surface area (TPSA) is 96.0 Å². The van der Waals surface area contributed by atoms with Crippen LogP contribution in [-0.2, 0) is 4.79 Å². The van der Waals surface area contributed by atoms with Crippen molar-refractivity contribution < 1.29 is 14.7 Å². The van der Waals surface area contributed by atoms with Gasteiger partial charge in [0.25, 0.3) is 0 Å². The highest BCUT2D eigenvalue weighted by Gasteiger charge is 2.27. The van der Waals surface area contributed by atoms with E-state index in [-0.39, 0.29) is 6.54 Å². The van der Waals surface area contributed by atoms with Crippen molar-refractivity contribution in [1.29, 1.82) is 0 Å². The first-order valence-corrected chi connectivity index (χ1v) is 3.41. The molecule has 1 atom stereocenters. The van der Waals surface area contributed by atoms with E-state index in [1.807, 2.05) is 0 Å². The number of carbonyl (C=O) groups is 2. The quantitative estimate of drug-likeness (QED) is 0.519. The number of imide groups is 1. The van der Waals surface area contributed by atoms with E-state index in [9.17, 15) is 9.59 Å². The molecule has 3 N–H and O–H groups in total. The van der Waals surface area contributed by atoms with Crippen LogP contribution in [-0.4, -0.2) is 47.4 Å². The van der Waals surface area contributed by atoms with Crippen LogP contribution in [0.2, 0.25) is 0 Å². The summed E-state index contributed by atoms with van der Waals surface area (Å²) in [7, 11) is 0. The van der Waals surface area contributed by atoms with E-state index in [4.69, 9.17) is 10.8 Å². The molecule has 0 radical (unpaired) electrons. The Hall–Kier alpha value is -1.27. The summed E-state index contributed by atoms with van der Waals surface area (Å²) in [5.74, 6) is -0.597. The van der Waals surface area contributed by atoms with E-state index >= 15 is 0 Å². The molecule has 1 aliphatic rings. The Kier molecular flexibility index (Phi) is 2.51. The second-order valence-electron chi connectivity index (χ2n) is 2.33. The van der Waals surface area contributed by atoms with Crippen LogP contribution < -0.4 is 5.73 Å². The molecule has 6 heteroatoms. The predicted molar refractivity (Wildman–Crippen MR) is 40.7 cm³/mol. The summed E-state index contributed by atoms with van der Waals surface area (Å²) in [6.45, 7) is -0.325. The lowest BCUT2D eigenvalue weighted by molar-refractivity contribution is -0.129. The summed E-state index contributed by atoms with van der Waals surface area (Å²) in [5, 5.41) is 8.53. The first-order valence-electron chi connectivity index (χ1n) is 3.41. The summed E-state index contributed by atoms with van der Waals surface area (Å²) < 4.78 is 0. The van der Waals surface area contributed by atoms with Gasteiger partial charge >= 0.3 is 6.03 Å². The van der Waals surface area contributed by atoms with Crippen molar-refractivity contribution in [3.63, 3.8) is 0 Å². The minimum Gasteiger partial charge on any atom is -0.394 e. The number of rotatable bonds is 2. The first kappa shape index (κ1) is 8.82. The molecule has 0 saturated carbocycles. The lowest BCUT2D eigenvalue weighted by atomic mass is 10.3. The Morgan fingerprint density at radius 1 is 1.92 bits per heavy atom. The zero-order chi connectivity index (χ0) is 9.14. The SMILES string of the molecule is N[C@@H](CO)C(=O)N1CC=NC1=O. The summed E-state index contributed by atoms with van der Waals surface area (Å²) >= 11 is 0. The van der Waals surface area contributed by atoms with E-state index in [1.165, 1.54) is 6.21 Å². The third-order valence-electron chi connectivity index (χ3n) is 1.48. The number of aliphatic imine (C=N–C) groups is 1. The van der Waals surface area contributed by atoms with Crippen LogP contribution >= 0.6 is 0 Å². The van der Waals surface area contributed by atoms with Crippen LogP contribution in [0.5, 0.6) is 0 Å². The van der Waals surface area contributed by atoms with Gasteiger partial charge in [-0.05, 0) is 0 Å². The molecule has 0 unspecified atom stereocenters. The number of nitrogens with two attached hydrogens (primary N) is 1. The van der Waals surface area contributed by atoms with Gasteiger partial charge in [0.15, 0.2) is 0 Å². The molecule has 66 valence electrons. The molecule has 12 heavy (non-hydrogen) atoms. The van der Waals surface area contributed by atoms with Crippen molar-refractivity contribution in [2.24, 2.45) is 10.7 Å². The fourth-order valence-electron chi connectivity index (χ4n) is 0.811. The number of aliphatic hydroxyl groups excluding tert-OH is 1. The van der Waals surface area contributed by atoms with Crippen molar-refractivity contribution >= 4 is 18.2 Å². The average molecular weight is 171 g/mol. The van der Waals surface area contributed by atoms with Crippen LogP contribution in [0.1, 0.15) is 0 Å². The third-order valence-corrected chi connectivity index (χ3v) is 1.48. The van der Waals surface area contributed by atoms with Gasteiger partial charge in [-0.2, -0.15) is 0 Å². The number of urea groups is 1. The smallest absolute Gasteiger partial charge is 0.350 e. The maximum absolute atomic E-state index is 11.1. The van der Waals surface area contributed by atoms with E-state index in [0.717, 1.165) is 4.90 Å². The molecule has 0 bridgehead atoms. The van der Waals surface area contributed by atoms with E-state index in [0.29, 0.717) is 0 Å². The highest BCUT2D eigenvalue weighted by molar-refractivity contribution is 6.04. The van der Waals surface area contributed by atoms with Gasteiger partial charge in [0.1, 0.15) is 6.04 Å². The standard InChI is InChI=1S/C6H9N3O3/c7-4(3-10)5(11)9-2-1-8-6(9)12/h1,4,10H,2-3,7H2/t4-/m0/s1. The molecular formula is C6H9N3O3. The summed E-state index contributed by atoms with van der Waals surface area (Å²) in [6.07, 6.45) is 1.32. The Bertz CT molecular complexity index is 238. The van der Waals surface area contributed by atoms with Crippen LogP contribution in [0, 0.1) is 0 Å². The molecule has 0 aromatic carbocycles. The normalized spacial score (nSPS) is 18.5. The van der Waals surface area contributed by atoms with Gasteiger partial charge in [-0.25, -0.2) is 9.79 Å². The van der Waals surface area contributed by atoms with Gasteiger partial charge in [-0.3, -0.25) is 9.69 Å². The Morgan fingerprint density at radius 2 is 2.58 bits per heavy atom. The lowest BCUT2D eigenvalue weighted by Crippen LogP contribution is -2.46. The number of hydrogen-bond acceptors (Lipinski definition) is 4. The summed E-state index contributed by atoms with van der Waals surface area (Å²) in [6, 6.07) is -1.65. The minimum atomic E-state index is -1.03. The predicted octanol–water partition coefficient (Wildman–Crippen LogP) is -1.66. The molecule has 0 aromatic heterocycles. The van der Waals surface area contributed by atoms with Crippen LogP contribution in [0.4, 0.5) is 4.79 Å². The Balaban J connectivity index is 2.60. The number of aliphatic hydroxyl groups is 1. The van der Waals surface area contributed by atoms with Crippen LogP contribution in [0.25, 0.3) is 0 Å². The molecule has 1 heterocycles. The van der Waals surface area contributed by atoms with Crippen molar-refractivity contribution in [3.8, 4) is 0 Å². The summed E-state index contributed by atoms with van der Waals surface area (Å²) in [4.78, 5) is 26.2. The minimum absolute atomic E-state index is 0.144. The Labute approximate surface area is 68.7 Å². The molecule has 0 saturated heterocycles. The number of carbonyl (C=O) groups excluding carboxylic acids is 2. The maximum atomic E-state index is 11.1. The molecule has 0 fully saturated rings. The highest BCUT2D eigenvalue weighted by atomic mass is 16.3. The van der Waals surface area contributed by atoms with Gasteiger partial charge < -0.3 is 10.8 Å². The van der Waals surface area contributed by atoms with Gasteiger partial charge in [0.05, 0.1) is 13.2 Å². The molecule has 3 amide bonds. The largest absolute Gasteiger partial charge is 0.394 e. The molecule has 0 spiro atoms. The molecular weight excluding hydrogens is 162 g/mol. The van der Waals surface area contributed by atoms with Gasteiger partial charge in [0, 0.05) is 6.21 Å². The molecule has 1 rings (SSSR count). The van der Waals surface area contributed by atoms with Crippen LogP contribution in [0.15, 0.2) is 4.99 Å². The van der Waals surface area contributed by atoms with Crippen molar-refractivity contribution in [2.75, 3.05) is 13.2 Å². The number of nitrogens with zero attached hydrogens (tertiary/aromatic N) is 2. The third kappa shape index (κ3) is 1.49. The summed E-state index contributed by atoms with van der Waals surface area (Å²) in [5.41, 5.74) is 5.21. The monoisotopic (exact) mass is 171 g/mol. The second kappa shape index (κ2) is 3.42. The van der Waals surface area contributed by atoms with Crippen molar-refractivity contribution in [3.05, 3.63) is 0 Å². The zero-order valence-electron chi connectivity index (χ0n) is 6.30. The van der Waals surface area contributed by atoms with E-state index in [1.54, 1.807) is 0 Å². The van der Waals surface area contributed by atoms with Gasteiger partial charge in [-0.1, -0.05) is 0 Å². The molecule has 0 aliphatic carbocycles. The fraction of sp³-hybridized carbons (Fsp3) is 0.500. The average Bonchev–Trinajstić information content (AvgIpc) is 2.48. The maximum Gasteiger partial charge on any atom is 0.350 e. The second-order valence-corrected chi connectivity index (χ2v) is 2.33. The highest BCUT2D eigenvalue weighted by Crippen LogP contribution is 2.01. The molecule has 1 aliphatic heterocycles. The number of hydrogen-bond donors (Lipinski definition) is 2. The first-order chi connectivity index (χ1) is 5.66. The van der Waals surface area contributed by atoms with Crippen molar-refractivity contribution in [2.45, 2.75) is 6.04 Å². The molecule has 0 aromatic rings. The fourth-order valence-corrected chi connectivity index (χ4v) is 0.811. The number of amides is 3. The van der Waals surface area contributed by atoms with Gasteiger partial charge in [0.2, 0.25) is 5.91 Å². The molecule has 6 nitrogen and oxygen atoms in total. The van der Waals surface area contributed by atoms with E-state index < -0.39 is 24.6 Å². The van der Waals surface area contributed by atoms with Gasteiger partial charge in [-0.15, -0.1) is 0 Å². The lowest BCUT2D eigenvalue weighted by Gasteiger charge is -2.15. The van der Waals surface area contributed by atoms with Crippen molar-refractivity contribution in [1.82, 2.24) is 4.90 Å². The zero-order valence-corrected chi connectivity index (χ0v) is 6.30.